The van der Waals surface area contributed by atoms with E-state index in [0.717, 1.165) is 10.2 Å². The predicted molar refractivity (Wildman–Crippen MR) is 73.1 cm³/mol. The Labute approximate surface area is 110 Å². The van der Waals surface area contributed by atoms with Crippen LogP contribution in [0.5, 0.6) is 0 Å². The number of anilines is 2. The van der Waals surface area contributed by atoms with Crippen LogP contribution in [0.15, 0.2) is 22.7 Å². The van der Waals surface area contributed by atoms with E-state index >= 15 is 0 Å². The first-order valence-corrected chi connectivity index (χ1v) is 6.25. The third-order valence-corrected chi connectivity index (χ3v) is 2.88. The number of nitrogen functional groups attached to an aromatic ring is 1. The summed E-state index contributed by atoms with van der Waals surface area (Å²) in [5.41, 5.74) is 7.15. The second kappa shape index (κ2) is 6.61. The number of carbonyl (C=O) groups is 1. The summed E-state index contributed by atoms with van der Waals surface area (Å²) in [5, 5.41) is 0. The van der Waals surface area contributed by atoms with Crippen molar-refractivity contribution in [2.75, 3.05) is 30.9 Å². The Morgan fingerprint density at radius 2 is 2.24 bits per heavy atom. The summed E-state index contributed by atoms with van der Waals surface area (Å²) >= 11 is 3.33. The monoisotopic (exact) mass is 300 g/mol. The molecule has 0 bridgehead atoms. The molecule has 0 unspecified atom stereocenters. The quantitative estimate of drug-likeness (QED) is 0.671. The first-order valence-electron chi connectivity index (χ1n) is 5.45. The van der Waals surface area contributed by atoms with Gasteiger partial charge in [-0.3, -0.25) is 4.79 Å². The van der Waals surface area contributed by atoms with Crippen molar-refractivity contribution in [2.45, 2.75) is 13.3 Å². The molecule has 17 heavy (non-hydrogen) atoms. The summed E-state index contributed by atoms with van der Waals surface area (Å²) in [4.78, 5) is 13.4. The number of hydrogen-bond acceptors (Lipinski definition) is 3. The molecule has 0 heterocycles. The molecule has 0 fully saturated rings. The highest BCUT2D eigenvalue weighted by atomic mass is 79.9. The minimum absolute atomic E-state index is 0.00697. The van der Waals surface area contributed by atoms with Gasteiger partial charge < -0.3 is 15.4 Å². The lowest BCUT2D eigenvalue weighted by Crippen LogP contribution is -2.27. The molecule has 1 amide bonds. The number of nitrogens with two attached hydrogens (primary N) is 1. The maximum Gasteiger partial charge on any atom is 0.229 e. The molecule has 4 nitrogen and oxygen atoms in total. The summed E-state index contributed by atoms with van der Waals surface area (Å²) in [6.07, 6.45) is 0.361. The van der Waals surface area contributed by atoms with E-state index in [0.29, 0.717) is 25.3 Å². The van der Waals surface area contributed by atoms with Gasteiger partial charge in [0.25, 0.3) is 0 Å². The van der Waals surface area contributed by atoms with E-state index in [-0.39, 0.29) is 5.91 Å². The smallest absolute Gasteiger partial charge is 0.229 e. The highest BCUT2D eigenvalue weighted by Crippen LogP contribution is 2.26. The van der Waals surface area contributed by atoms with Crippen LogP contribution in [0.25, 0.3) is 0 Å². The van der Waals surface area contributed by atoms with E-state index < -0.39 is 0 Å². The van der Waals surface area contributed by atoms with Crippen LogP contribution in [0.2, 0.25) is 0 Å². The first kappa shape index (κ1) is 14.0. The van der Waals surface area contributed by atoms with Gasteiger partial charge in [0.1, 0.15) is 0 Å². The van der Waals surface area contributed by atoms with Crippen LogP contribution >= 0.6 is 15.9 Å². The van der Waals surface area contributed by atoms with Crippen molar-refractivity contribution in [3.8, 4) is 0 Å². The number of ether oxygens (including phenoxy) is 1. The summed E-state index contributed by atoms with van der Waals surface area (Å²) in [6, 6.07) is 5.46. The highest BCUT2D eigenvalue weighted by molar-refractivity contribution is 9.10. The molecule has 0 aliphatic carbocycles. The van der Waals surface area contributed by atoms with E-state index in [4.69, 9.17) is 10.5 Å². The number of carbonyl (C=O) groups excluding carboxylic acids is 1. The van der Waals surface area contributed by atoms with Gasteiger partial charge in [0, 0.05) is 18.1 Å². The van der Waals surface area contributed by atoms with Gasteiger partial charge in [-0.25, -0.2) is 0 Å². The van der Waals surface area contributed by atoms with E-state index in [9.17, 15) is 4.79 Å². The maximum atomic E-state index is 11.8. The third-order valence-electron chi connectivity index (χ3n) is 2.39. The molecule has 0 spiro atoms. The molecule has 1 aromatic carbocycles. The number of benzene rings is 1. The number of rotatable bonds is 5. The Balaban J connectivity index is 2.68. The predicted octanol–water partition coefficient (Wildman–Crippen LogP) is 2.42. The van der Waals surface area contributed by atoms with Crippen LogP contribution in [0.1, 0.15) is 13.3 Å². The fraction of sp³-hybridized carbons (Fsp3) is 0.417. The second-order valence-electron chi connectivity index (χ2n) is 3.60. The number of nitrogens with zero attached hydrogens (tertiary/aromatic N) is 1. The zero-order valence-electron chi connectivity index (χ0n) is 10.1. The average Bonchev–Trinajstić information content (AvgIpc) is 2.28. The minimum Gasteiger partial charge on any atom is -0.397 e. The Hall–Kier alpha value is -1.07. The van der Waals surface area contributed by atoms with Crippen LogP contribution in [0.4, 0.5) is 11.4 Å². The standard InChI is InChI=1S/C12H17BrN2O2/c1-3-17-7-6-12(16)15(2)11-5-4-9(13)8-10(11)14/h4-5,8H,3,6-7,14H2,1-2H3. The Kier molecular flexibility index (Phi) is 5.44. The van der Waals surface area contributed by atoms with Gasteiger partial charge >= 0.3 is 0 Å². The molecule has 5 heteroatoms. The fourth-order valence-electron chi connectivity index (χ4n) is 1.44. The molecular weight excluding hydrogens is 284 g/mol. The van der Waals surface area contributed by atoms with E-state index in [1.807, 2.05) is 19.1 Å². The number of amides is 1. The molecule has 0 aliphatic heterocycles. The molecule has 0 aliphatic rings. The highest BCUT2D eigenvalue weighted by Gasteiger charge is 2.13. The van der Waals surface area contributed by atoms with Crippen molar-refractivity contribution in [3.05, 3.63) is 22.7 Å². The Morgan fingerprint density at radius 1 is 1.53 bits per heavy atom. The Bertz CT molecular complexity index is 396. The van der Waals surface area contributed by atoms with Gasteiger partial charge in [0.15, 0.2) is 0 Å². The summed E-state index contributed by atoms with van der Waals surface area (Å²) in [5.74, 6) is -0.00697. The van der Waals surface area contributed by atoms with Crippen molar-refractivity contribution in [2.24, 2.45) is 0 Å². The van der Waals surface area contributed by atoms with Gasteiger partial charge in [-0.15, -0.1) is 0 Å². The molecule has 94 valence electrons. The first-order chi connectivity index (χ1) is 8.06. The van der Waals surface area contributed by atoms with Crippen molar-refractivity contribution >= 4 is 33.2 Å². The van der Waals surface area contributed by atoms with Gasteiger partial charge in [-0.1, -0.05) is 15.9 Å². The van der Waals surface area contributed by atoms with Crippen LogP contribution in [0, 0.1) is 0 Å². The van der Waals surface area contributed by atoms with Crippen LogP contribution in [-0.4, -0.2) is 26.2 Å². The van der Waals surface area contributed by atoms with E-state index in [1.54, 1.807) is 18.0 Å². The molecule has 2 N–H and O–H groups in total. The molecule has 0 saturated carbocycles. The summed E-state index contributed by atoms with van der Waals surface area (Å²) in [7, 11) is 1.72. The molecule has 1 aromatic rings. The van der Waals surface area contributed by atoms with Gasteiger partial charge in [0.2, 0.25) is 5.91 Å². The zero-order valence-corrected chi connectivity index (χ0v) is 11.7. The SMILES string of the molecule is CCOCCC(=O)N(C)c1ccc(Br)cc1N. The largest absolute Gasteiger partial charge is 0.397 e. The Morgan fingerprint density at radius 3 is 2.82 bits per heavy atom. The van der Waals surface area contributed by atoms with Crippen molar-refractivity contribution in [1.29, 1.82) is 0 Å². The molecular formula is C12H17BrN2O2. The van der Waals surface area contributed by atoms with Crippen LogP contribution in [-0.2, 0) is 9.53 Å². The second-order valence-corrected chi connectivity index (χ2v) is 4.52. The number of halogens is 1. The minimum atomic E-state index is -0.00697. The van der Waals surface area contributed by atoms with Gasteiger partial charge in [-0.05, 0) is 25.1 Å². The lowest BCUT2D eigenvalue weighted by Gasteiger charge is -2.19. The topological polar surface area (TPSA) is 55.6 Å². The lowest BCUT2D eigenvalue weighted by atomic mass is 10.2. The van der Waals surface area contributed by atoms with Gasteiger partial charge in [-0.2, -0.15) is 0 Å². The molecule has 0 atom stereocenters. The summed E-state index contributed by atoms with van der Waals surface area (Å²) < 4.78 is 6.05. The molecule has 0 saturated heterocycles. The molecule has 1 rings (SSSR count). The maximum absolute atomic E-state index is 11.8. The third kappa shape index (κ3) is 4.02. The average molecular weight is 301 g/mol. The van der Waals surface area contributed by atoms with Crippen LogP contribution < -0.4 is 10.6 Å². The fourth-order valence-corrected chi connectivity index (χ4v) is 1.82. The lowest BCUT2D eigenvalue weighted by molar-refractivity contribution is -0.119. The van der Waals surface area contributed by atoms with E-state index in [1.165, 1.54) is 0 Å². The molecule has 0 aromatic heterocycles. The number of hydrogen-bond donors (Lipinski definition) is 1. The van der Waals surface area contributed by atoms with Gasteiger partial charge in [0.05, 0.1) is 24.4 Å². The van der Waals surface area contributed by atoms with Crippen molar-refractivity contribution < 1.29 is 9.53 Å². The van der Waals surface area contributed by atoms with Crippen molar-refractivity contribution in [3.63, 3.8) is 0 Å². The summed E-state index contributed by atoms with van der Waals surface area (Å²) in [6.45, 7) is 2.97. The van der Waals surface area contributed by atoms with E-state index in [2.05, 4.69) is 15.9 Å². The van der Waals surface area contributed by atoms with Crippen molar-refractivity contribution in [1.82, 2.24) is 0 Å². The zero-order chi connectivity index (χ0) is 12.8. The normalized spacial score (nSPS) is 10.3. The molecule has 0 radical (unpaired) electrons. The van der Waals surface area contributed by atoms with Crippen LogP contribution in [0.3, 0.4) is 0 Å².